The van der Waals surface area contributed by atoms with E-state index in [0.29, 0.717) is 0 Å². The summed E-state index contributed by atoms with van der Waals surface area (Å²) in [6, 6.07) is -0.597. The SMILES string of the molecule is COC(=O)c1cnc(O)nc1O. The molecule has 64 valence electrons. The van der Waals surface area contributed by atoms with Gasteiger partial charge in [0.25, 0.3) is 0 Å². The van der Waals surface area contributed by atoms with E-state index >= 15 is 0 Å². The Bertz CT molecular complexity index is 312. The van der Waals surface area contributed by atoms with Crippen LogP contribution >= 0.6 is 0 Å². The first-order valence-electron chi connectivity index (χ1n) is 2.98. The van der Waals surface area contributed by atoms with Crippen molar-refractivity contribution in [2.45, 2.75) is 0 Å². The third kappa shape index (κ3) is 1.42. The molecule has 1 heterocycles. The quantitative estimate of drug-likeness (QED) is 0.561. The smallest absolute Gasteiger partial charge is 0.344 e. The van der Waals surface area contributed by atoms with Crippen LogP contribution in [-0.2, 0) is 4.74 Å². The van der Waals surface area contributed by atoms with Crippen molar-refractivity contribution in [3.05, 3.63) is 11.8 Å². The van der Waals surface area contributed by atoms with Crippen LogP contribution in [0.3, 0.4) is 0 Å². The van der Waals surface area contributed by atoms with Gasteiger partial charge in [0.2, 0.25) is 5.88 Å². The average Bonchev–Trinajstić information content (AvgIpc) is 2.03. The minimum absolute atomic E-state index is 0.185. The number of methoxy groups -OCH3 is 1. The molecule has 0 aromatic carbocycles. The highest BCUT2D eigenvalue weighted by molar-refractivity contribution is 5.91. The number of aromatic nitrogens is 2. The van der Waals surface area contributed by atoms with Crippen LogP contribution in [0.1, 0.15) is 10.4 Å². The number of carbonyl (C=O) groups excluding carboxylic acids is 1. The van der Waals surface area contributed by atoms with Gasteiger partial charge in [-0.25, -0.2) is 9.78 Å². The number of aromatic hydroxyl groups is 2. The Balaban J connectivity index is 3.09. The molecule has 0 bridgehead atoms. The summed E-state index contributed by atoms with van der Waals surface area (Å²) in [7, 11) is 1.16. The molecule has 0 saturated heterocycles. The van der Waals surface area contributed by atoms with Crippen molar-refractivity contribution in [2.24, 2.45) is 0 Å². The first-order valence-corrected chi connectivity index (χ1v) is 2.98. The first kappa shape index (κ1) is 8.25. The number of nitrogens with zero attached hydrogens (tertiary/aromatic N) is 2. The summed E-state index contributed by atoms with van der Waals surface area (Å²) in [5, 5.41) is 17.6. The molecule has 0 amide bonds. The Morgan fingerprint density at radius 3 is 2.75 bits per heavy atom. The predicted octanol–water partition coefficient (Wildman–Crippen LogP) is -0.326. The third-order valence-corrected chi connectivity index (χ3v) is 1.16. The molecule has 0 aliphatic heterocycles. The molecule has 0 saturated carbocycles. The second-order valence-corrected chi connectivity index (χ2v) is 1.90. The van der Waals surface area contributed by atoms with E-state index in [1.165, 1.54) is 0 Å². The molecule has 0 spiro atoms. The van der Waals surface area contributed by atoms with Crippen LogP contribution in [-0.4, -0.2) is 33.3 Å². The van der Waals surface area contributed by atoms with Gasteiger partial charge in [-0.1, -0.05) is 0 Å². The fraction of sp³-hybridized carbons (Fsp3) is 0.167. The minimum Gasteiger partial charge on any atom is -0.493 e. The van der Waals surface area contributed by atoms with Crippen LogP contribution in [0.25, 0.3) is 0 Å². The van der Waals surface area contributed by atoms with E-state index in [4.69, 9.17) is 10.2 Å². The van der Waals surface area contributed by atoms with Crippen molar-refractivity contribution in [1.82, 2.24) is 9.97 Å². The van der Waals surface area contributed by atoms with E-state index < -0.39 is 17.9 Å². The van der Waals surface area contributed by atoms with Crippen molar-refractivity contribution in [2.75, 3.05) is 7.11 Å². The van der Waals surface area contributed by atoms with Crippen molar-refractivity contribution in [1.29, 1.82) is 0 Å². The standard InChI is InChI=1S/C6H6N2O4/c1-12-5(10)3-2-7-6(11)8-4(3)9/h2H,1H3,(H2,7,8,9,11). The van der Waals surface area contributed by atoms with Crippen LogP contribution in [0.5, 0.6) is 11.9 Å². The second-order valence-electron chi connectivity index (χ2n) is 1.90. The first-order chi connectivity index (χ1) is 5.65. The molecule has 1 aromatic rings. The zero-order valence-corrected chi connectivity index (χ0v) is 6.18. The zero-order chi connectivity index (χ0) is 9.14. The maximum absolute atomic E-state index is 10.8. The normalized spacial score (nSPS) is 9.42. The Labute approximate surface area is 67.5 Å². The summed E-state index contributed by atoms with van der Waals surface area (Å²) < 4.78 is 4.30. The van der Waals surface area contributed by atoms with E-state index in [1.807, 2.05) is 0 Å². The minimum atomic E-state index is -0.757. The maximum atomic E-state index is 10.8. The highest BCUT2D eigenvalue weighted by Gasteiger charge is 2.13. The van der Waals surface area contributed by atoms with E-state index in [9.17, 15) is 4.79 Å². The van der Waals surface area contributed by atoms with Crippen LogP contribution in [0.15, 0.2) is 6.20 Å². The van der Waals surface area contributed by atoms with Gasteiger partial charge in [0, 0.05) is 0 Å². The van der Waals surface area contributed by atoms with Gasteiger partial charge in [-0.05, 0) is 0 Å². The highest BCUT2D eigenvalue weighted by atomic mass is 16.5. The molecule has 0 radical (unpaired) electrons. The molecule has 0 aliphatic carbocycles. The van der Waals surface area contributed by atoms with Crippen LogP contribution in [0.2, 0.25) is 0 Å². The topological polar surface area (TPSA) is 92.5 Å². The van der Waals surface area contributed by atoms with Crippen LogP contribution in [0.4, 0.5) is 0 Å². The number of ether oxygens (including phenoxy) is 1. The largest absolute Gasteiger partial charge is 0.493 e. The summed E-state index contributed by atoms with van der Waals surface area (Å²) in [4.78, 5) is 17.2. The molecule has 1 aromatic heterocycles. The van der Waals surface area contributed by atoms with E-state index in [1.54, 1.807) is 0 Å². The Hall–Kier alpha value is -1.85. The van der Waals surface area contributed by atoms with Gasteiger partial charge in [-0.15, -0.1) is 0 Å². The molecule has 6 heteroatoms. The van der Waals surface area contributed by atoms with E-state index in [-0.39, 0.29) is 5.56 Å². The number of rotatable bonds is 1. The molecular formula is C6H6N2O4. The van der Waals surface area contributed by atoms with E-state index in [2.05, 4.69) is 14.7 Å². The molecule has 12 heavy (non-hydrogen) atoms. The highest BCUT2D eigenvalue weighted by Crippen LogP contribution is 2.15. The summed E-state index contributed by atoms with van der Waals surface area (Å²) in [6.07, 6.45) is 0.976. The van der Waals surface area contributed by atoms with Gasteiger partial charge < -0.3 is 14.9 Å². The van der Waals surface area contributed by atoms with Gasteiger partial charge in [0.1, 0.15) is 5.56 Å². The Morgan fingerprint density at radius 2 is 2.25 bits per heavy atom. The lowest BCUT2D eigenvalue weighted by atomic mass is 10.3. The number of esters is 1. The van der Waals surface area contributed by atoms with Crippen LogP contribution in [0, 0.1) is 0 Å². The summed E-state index contributed by atoms with van der Waals surface area (Å²) in [6.45, 7) is 0. The monoisotopic (exact) mass is 170 g/mol. The summed E-state index contributed by atoms with van der Waals surface area (Å²) >= 11 is 0. The Morgan fingerprint density at radius 1 is 1.58 bits per heavy atom. The zero-order valence-electron chi connectivity index (χ0n) is 6.18. The molecule has 6 nitrogen and oxygen atoms in total. The van der Waals surface area contributed by atoms with E-state index in [0.717, 1.165) is 13.3 Å². The third-order valence-electron chi connectivity index (χ3n) is 1.16. The molecule has 0 aliphatic rings. The van der Waals surface area contributed by atoms with Gasteiger partial charge in [0.05, 0.1) is 13.3 Å². The lowest BCUT2D eigenvalue weighted by Gasteiger charge is -1.99. The van der Waals surface area contributed by atoms with Crippen molar-refractivity contribution < 1.29 is 19.7 Å². The maximum Gasteiger partial charge on any atom is 0.344 e. The Kier molecular flexibility index (Phi) is 2.09. The van der Waals surface area contributed by atoms with Crippen molar-refractivity contribution in [3.63, 3.8) is 0 Å². The van der Waals surface area contributed by atoms with Gasteiger partial charge in [-0.2, -0.15) is 4.98 Å². The summed E-state index contributed by atoms with van der Waals surface area (Å²) in [5.74, 6) is -1.36. The molecule has 0 atom stereocenters. The average molecular weight is 170 g/mol. The number of hydrogen-bond donors (Lipinski definition) is 2. The molecule has 0 unspecified atom stereocenters. The lowest BCUT2D eigenvalue weighted by Crippen LogP contribution is -2.03. The molecule has 2 N–H and O–H groups in total. The van der Waals surface area contributed by atoms with Crippen molar-refractivity contribution >= 4 is 5.97 Å². The predicted molar refractivity (Wildman–Crippen MR) is 36.7 cm³/mol. The van der Waals surface area contributed by atoms with Gasteiger partial charge in [0.15, 0.2) is 0 Å². The van der Waals surface area contributed by atoms with Gasteiger partial charge >= 0.3 is 12.0 Å². The fourth-order valence-electron chi connectivity index (χ4n) is 0.618. The summed E-state index contributed by atoms with van der Waals surface area (Å²) in [5.41, 5.74) is -0.185. The van der Waals surface area contributed by atoms with Crippen LogP contribution < -0.4 is 0 Å². The molecular weight excluding hydrogens is 164 g/mol. The molecule has 1 rings (SSSR count). The van der Waals surface area contributed by atoms with Gasteiger partial charge in [-0.3, -0.25) is 0 Å². The van der Waals surface area contributed by atoms with Crippen molar-refractivity contribution in [3.8, 4) is 11.9 Å². The number of carbonyl (C=O) groups is 1. The fourth-order valence-corrected chi connectivity index (χ4v) is 0.618. The second kappa shape index (κ2) is 3.04. The number of hydrogen-bond acceptors (Lipinski definition) is 6. The lowest BCUT2D eigenvalue weighted by molar-refractivity contribution is 0.0596. The molecule has 0 fully saturated rings.